The van der Waals surface area contributed by atoms with Crippen LogP contribution in [0.25, 0.3) is 0 Å². The van der Waals surface area contributed by atoms with Gasteiger partial charge in [0, 0.05) is 19.0 Å². The van der Waals surface area contributed by atoms with E-state index in [2.05, 4.69) is 15.9 Å². The summed E-state index contributed by atoms with van der Waals surface area (Å²) in [7, 11) is -3.47. The molecule has 2 rings (SSSR count). The molecule has 1 aliphatic heterocycles. The third-order valence-electron chi connectivity index (χ3n) is 2.91. The first-order valence-corrected chi connectivity index (χ1v) is 8.78. The monoisotopic (exact) mass is 371 g/mol. The molecule has 100 valence electrons. The van der Waals surface area contributed by atoms with Crippen LogP contribution in [0.3, 0.4) is 0 Å². The molecule has 0 bridgehead atoms. The molecule has 1 fully saturated rings. The van der Waals surface area contributed by atoms with E-state index in [1.807, 2.05) is 0 Å². The van der Waals surface area contributed by atoms with Crippen molar-refractivity contribution in [1.82, 2.24) is 4.31 Å². The number of hydrogen-bond donors (Lipinski definition) is 0. The minimum atomic E-state index is -3.47. The van der Waals surface area contributed by atoms with Gasteiger partial charge < -0.3 is 4.79 Å². The van der Waals surface area contributed by atoms with E-state index in [1.54, 1.807) is 0 Å². The number of aldehydes is 1. The maximum Gasteiger partial charge on any atom is 0.252 e. The Kier molecular flexibility index (Phi) is 4.48. The third-order valence-corrected chi connectivity index (χ3v) is 7.73. The van der Waals surface area contributed by atoms with E-state index in [1.165, 1.54) is 10.4 Å². The standard InChI is InChI=1S/C10H11BrClNO3S2/c11-10-8(12)5-9(17-10)18(15,16)13-3-1-7(6-14)2-4-13/h5-7H,1-4H2. The van der Waals surface area contributed by atoms with Crippen LogP contribution in [-0.4, -0.2) is 32.1 Å². The van der Waals surface area contributed by atoms with Crippen LogP contribution in [0.5, 0.6) is 0 Å². The smallest absolute Gasteiger partial charge is 0.252 e. The van der Waals surface area contributed by atoms with Crippen molar-refractivity contribution >= 4 is 55.2 Å². The molecule has 1 aromatic heterocycles. The Bertz CT molecular complexity index is 530. The van der Waals surface area contributed by atoms with Crippen LogP contribution in [-0.2, 0) is 14.8 Å². The first-order chi connectivity index (χ1) is 8.45. The molecule has 4 nitrogen and oxygen atoms in total. The van der Waals surface area contributed by atoms with Crippen molar-refractivity contribution in [2.45, 2.75) is 17.1 Å². The fraction of sp³-hybridized carbons (Fsp3) is 0.500. The minimum absolute atomic E-state index is 0.0184. The van der Waals surface area contributed by atoms with E-state index < -0.39 is 10.0 Å². The highest BCUT2D eigenvalue weighted by atomic mass is 79.9. The molecule has 0 aliphatic carbocycles. The van der Waals surface area contributed by atoms with Crippen molar-refractivity contribution in [3.63, 3.8) is 0 Å². The lowest BCUT2D eigenvalue weighted by atomic mass is 10.0. The van der Waals surface area contributed by atoms with Crippen LogP contribution in [0.2, 0.25) is 5.02 Å². The fourth-order valence-electron chi connectivity index (χ4n) is 1.83. The summed E-state index contributed by atoms with van der Waals surface area (Å²) in [5, 5.41) is 0.404. The van der Waals surface area contributed by atoms with Crippen LogP contribution in [0.15, 0.2) is 14.1 Å². The van der Waals surface area contributed by atoms with Crippen LogP contribution < -0.4 is 0 Å². The van der Waals surface area contributed by atoms with Gasteiger partial charge in [0.2, 0.25) is 0 Å². The second kappa shape index (κ2) is 5.58. The van der Waals surface area contributed by atoms with Crippen LogP contribution in [0.1, 0.15) is 12.8 Å². The number of sulfonamides is 1. The first-order valence-electron chi connectivity index (χ1n) is 5.35. The summed E-state index contributed by atoms with van der Waals surface area (Å²) in [6.45, 7) is 0.776. The summed E-state index contributed by atoms with van der Waals surface area (Å²) in [6.07, 6.45) is 2.08. The Morgan fingerprint density at radius 3 is 2.50 bits per heavy atom. The molecule has 0 spiro atoms. The highest BCUT2D eigenvalue weighted by Gasteiger charge is 2.30. The van der Waals surface area contributed by atoms with Gasteiger partial charge in [0.25, 0.3) is 10.0 Å². The predicted molar refractivity (Wildman–Crippen MR) is 74.6 cm³/mol. The van der Waals surface area contributed by atoms with Gasteiger partial charge in [-0.3, -0.25) is 0 Å². The number of nitrogens with zero attached hydrogens (tertiary/aromatic N) is 1. The lowest BCUT2D eigenvalue weighted by molar-refractivity contribution is -0.112. The molecule has 0 unspecified atom stereocenters. The zero-order valence-electron chi connectivity index (χ0n) is 9.30. The minimum Gasteiger partial charge on any atom is -0.303 e. The number of thiophene rings is 1. The third kappa shape index (κ3) is 2.80. The van der Waals surface area contributed by atoms with E-state index in [-0.39, 0.29) is 10.1 Å². The Hall–Kier alpha value is 0.0500. The maximum atomic E-state index is 12.3. The van der Waals surface area contributed by atoms with Crippen molar-refractivity contribution in [3.8, 4) is 0 Å². The number of carbonyl (C=O) groups is 1. The van der Waals surface area contributed by atoms with Gasteiger partial charge in [-0.15, -0.1) is 11.3 Å². The van der Waals surface area contributed by atoms with Gasteiger partial charge in [-0.1, -0.05) is 11.6 Å². The maximum absolute atomic E-state index is 12.3. The van der Waals surface area contributed by atoms with Crippen molar-refractivity contribution in [2.75, 3.05) is 13.1 Å². The second-order valence-corrected chi connectivity index (χ2v) is 9.01. The topological polar surface area (TPSA) is 54.5 Å². The summed E-state index contributed by atoms with van der Waals surface area (Å²) in [4.78, 5) is 10.6. The molecule has 0 N–H and O–H groups in total. The highest BCUT2D eigenvalue weighted by Crippen LogP contribution is 2.36. The predicted octanol–water partition coefficient (Wildman–Crippen LogP) is 2.76. The average Bonchev–Trinajstić information content (AvgIpc) is 2.70. The molecule has 0 amide bonds. The molecule has 1 aliphatic rings. The molecule has 1 aromatic rings. The summed E-state index contributed by atoms with van der Waals surface area (Å²) < 4.78 is 26.9. The summed E-state index contributed by atoms with van der Waals surface area (Å²) >= 11 is 10.2. The van der Waals surface area contributed by atoms with Gasteiger partial charge in [-0.2, -0.15) is 4.31 Å². The molecular weight excluding hydrogens is 362 g/mol. The van der Waals surface area contributed by atoms with E-state index in [4.69, 9.17) is 11.6 Å². The largest absolute Gasteiger partial charge is 0.303 e. The molecule has 18 heavy (non-hydrogen) atoms. The number of carbonyl (C=O) groups excluding carboxylic acids is 1. The molecule has 2 heterocycles. The Labute approximate surface area is 123 Å². The van der Waals surface area contributed by atoms with Crippen LogP contribution >= 0.6 is 38.9 Å². The van der Waals surface area contributed by atoms with Crippen molar-refractivity contribution in [3.05, 3.63) is 14.9 Å². The van der Waals surface area contributed by atoms with Gasteiger partial charge in [-0.25, -0.2) is 8.42 Å². The van der Waals surface area contributed by atoms with E-state index in [0.29, 0.717) is 34.7 Å². The number of piperidine rings is 1. The Morgan fingerprint density at radius 2 is 2.06 bits per heavy atom. The molecule has 0 radical (unpaired) electrons. The van der Waals surface area contributed by atoms with Gasteiger partial charge in [0.1, 0.15) is 10.5 Å². The molecule has 0 saturated carbocycles. The number of rotatable bonds is 3. The first kappa shape index (κ1) is 14.5. The summed E-state index contributed by atoms with van der Waals surface area (Å²) in [5.41, 5.74) is 0. The van der Waals surface area contributed by atoms with Crippen molar-refractivity contribution in [1.29, 1.82) is 0 Å². The molecule has 8 heteroatoms. The number of halogens is 2. The highest BCUT2D eigenvalue weighted by molar-refractivity contribution is 9.11. The summed E-state index contributed by atoms with van der Waals surface area (Å²) in [6, 6.07) is 1.46. The van der Waals surface area contributed by atoms with Crippen molar-refractivity contribution < 1.29 is 13.2 Å². The van der Waals surface area contributed by atoms with Gasteiger partial charge in [-0.05, 0) is 34.8 Å². The van der Waals surface area contributed by atoms with E-state index in [0.717, 1.165) is 17.6 Å². The zero-order valence-corrected chi connectivity index (χ0v) is 13.3. The van der Waals surface area contributed by atoms with E-state index in [9.17, 15) is 13.2 Å². The normalized spacial score (nSPS) is 19.0. The zero-order chi connectivity index (χ0) is 13.3. The molecule has 0 aromatic carbocycles. The lowest BCUT2D eigenvalue weighted by Gasteiger charge is -2.28. The Balaban J connectivity index is 2.19. The summed E-state index contributed by atoms with van der Waals surface area (Å²) in [5.74, 6) is -0.0184. The fourth-order valence-corrected chi connectivity index (χ4v) is 5.86. The second-order valence-electron chi connectivity index (χ2n) is 4.06. The molecule has 0 atom stereocenters. The molecule has 1 saturated heterocycles. The van der Waals surface area contributed by atoms with Gasteiger partial charge in [0.05, 0.1) is 8.81 Å². The average molecular weight is 373 g/mol. The quantitative estimate of drug-likeness (QED) is 0.767. The van der Waals surface area contributed by atoms with E-state index >= 15 is 0 Å². The van der Waals surface area contributed by atoms with Crippen LogP contribution in [0, 0.1) is 5.92 Å². The van der Waals surface area contributed by atoms with Gasteiger partial charge >= 0.3 is 0 Å². The van der Waals surface area contributed by atoms with Crippen LogP contribution in [0.4, 0.5) is 0 Å². The SMILES string of the molecule is O=CC1CCN(S(=O)(=O)c2cc(Cl)c(Br)s2)CC1. The molecular formula is C10H11BrClNO3S2. The van der Waals surface area contributed by atoms with Crippen molar-refractivity contribution in [2.24, 2.45) is 5.92 Å². The Morgan fingerprint density at radius 1 is 1.44 bits per heavy atom. The number of hydrogen-bond acceptors (Lipinski definition) is 4. The lowest BCUT2D eigenvalue weighted by Crippen LogP contribution is -2.38. The van der Waals surface area contributed by atoms with Gasteiger partial charge in [0.15, 0.2) is 0 Å².